The van der Waals surface area contributed by atoms with E-state index < -0.39 is 0 Å². The molecule has 138 valence electrons. The molecule has 1 aliphatic heterocycles. The molecule has 3 rings (SSSR count). The standard InChI is InChI=1S/C21H25NO4/c1-3-24-20-13-15(2)6-11-19(20)22-21(23)16-7-9-17(10-8-16)26-14-18-5-4-12-25-18/h6-11,13,18H,3-5,12,14H2,1-2H3,(H,22,23). The van der Waals surface area contributed by atoms with Crippen LogP contribution in [0.5, 0.6) is 11.5 Å². The summed E-state index contributed by atoms with van der Waals surface area (Å²) in [5.41, 5.74) is 2.32. The quantitative estimate of drug-likeness (QED) is 0.808. The van der Waals surface area contributed by atoms with Crippen molar-refractivity contribution in [3.8, 4) is 11.5 Å². The SMILES string of the molecule is CCOc1cc(C)ccc1NC(=O)c1ccc(OCC2CCCO2)cc1. The summed E-state index contributed by atoms with van der Waals surface area (Å²) >= 11 is 0. The van der Waals surface area contributed by atoms with Crippen molar-refractivity contribution >= 4 is 11.6 Å². The van der Waals surface area contributed by atoms with Crippen LogP contribution >= 0.6 is 0 Å². The molecule has 5 nitrogen and oxygen atoms in total. The molecule has 2 aromatic carbocycles. The Morgan fingerprint density at radius 1 is 1.19 bits per heavy atom. The Bertz CT molecular complexity index is 736. The molecule has 1 heterocycles. The number of benzene rings is 2. The van der Waals surface area contributed by atoms with Crippen molar-refractivity contribution in [2.45, 2.75) is 32.8 Å². The zero-order chi connectivity index (χ0) is 18.4. The molecule has 26 heavy (non-hydrogen) atoms. The number of carbonyl (C=O) groups excluding carboxylic acids is 1. The molecular formula is C21H25NO4. The molecule has 1 fully saturated rings. The normalized spacial score (nSPS) is 16.3. The molecule has 0 bridgehead atoms. The van der Waals surface area contributed by atoms with Gasteiger partial charge in [-0.15, -0.1) is 0 Å². The predicted molar refractivity (Wildman–Crippen MR) is 101 cm³/mol. The minimum absolute atomic E-state index is 0.177. The largest absolute Gasteiger partial charge is 0.492 e. The summed E-state index contributed by atoms with van der Waals surface area (Å²) in [7, 11) is 0. The van der Waals surface area contributed by atoms with Gasteiger partial charge in [-0.2, -0.15) is 0 Å². The number of ether oxygens (including phenoxy) is 3. The third-order valence-electron chi connectivity index (χ3n) is 4.26. The minimum Gasteiger partial charge on any atom is -0.492 e. The molecular weight excluding hydrogens is 330 g/mol. The highest BCUT2D eigenvalue weighted by Gasteiger charge is 2.16. The van der Waals surface area contributed by atoms with E-state index in [2.05, 4.69) is 5.32 Å². The molecule has 1 aliphatic rings. The van der Waals surface area contributed by atoms with Crippen LogP contribution in [0.25, 0.3) is 0 Å². The van der Waals surface area contributed by atoms with Crippen molar-refractivity contribution < 1.29 is 19.0 Å². The van der Waals surface area contributed by atoms with Gasteiger partial charge >= 0.3 is 0 Å². The Balaban J connectivity index is 1.61. The lowest BCUT2D eigenvalue weighted by Gasteiger charge is -2.13. The number of carbonyl (C=O) groups is 1. The fourth-order valence-corrected chi connectivity index (χ4v) is 2.87. The number of hydrogen-bond acceptors (Lipinski definition) is 4. The Morgan fingerprint density at radius 3 is 2.69 bits per heavy atom. The van der Waals surface area contributed by atoms with Gasteiger partial charge in [0.25, 0.3) is 5.91 Å². The highest BCUT2D eigenvalue weighted by Crippen LogP contribution is 2.26. The first-order valence-electron chi connectivity index (χ1n) is 9.05. The number of anilines is 1. The third kappa shape index (κ3) is 4.76. The summed E-state index contributed by atoms with van der Waals surface area (Å²) in [6, 6.07) is 12.9. The van der Waals surface area contributed by atoms with Gasteiger partial charge in [0.15, 0.2) is 0 Å². The molecule has 0 aromatic heterocycles. The smallest absolute Gasteiger partial charge is 0.255 e. The molecule has 0 spiro atoms. The lowest BCUT2D eigenvalue weighted by atomic mass is 10.1. The van der Waals surface area contributed by atoms with Crippen molar-refractivity contribution in [3.05, 3.63) is 53.6 Å². The van der Waals surface area contributed by atoms with E-state index in [1.807, 2.05) is 44.2 Å². The van der Waals surface area contributed by atoms with Crippen molar-refractivity contribution in [2.24, 2.45) is 0 Å². The second kappa shape index (κ2) is 8.72. The van der Waals surface area contributed by atoms with Gasteiger partial charge in [0.1, 0.15) is 18.1 Å². The summed E-state index contributed by atoms with van der Waals surface area (Å²) in [5.74, 6) is 1.24. The maximum atomic E-state index is 12.5. The van der Waals surface area contributed by atoms with Crippen LogP contribution in [0.2, 0.25) is 0 Å². The van der Waals surface area contributed by atoms with Gasteiger partial charge in [0.05, 0.1) is 18.4 Å². The highest BCUT2D eigenvalue weighted by molar-refractivity contribution is 6.05. The number of hydrogen-bond donors (Lipinski definition) is 1. The number of nitrogens with one attached hydrogen (secondary N) is 1. The Labute approximate surface area is 154 Å². The van der Waals surface area contributed by atoms with Crippen LogP contribution in [0.3, 0.4) is 0 Å². The first kappa shape index (κ1) is 18.3. The Morgan fingerprint density at radius 2 is 2.00 bits per heavy atom. The zero-order valence-corrected chi connectivity index (χ0v) is 15.3. The molecule has 1 amide bonds. The molecule has 2 aromatic rings. The second-order valence-corrected chi connectivity index (χ2v) is 6.36. The summed E-state index contributed by atoms with van der Waals surface area (Å²) in [5, 5.41) is 2.91. The number of amides is 1. The fourth-order valence-electron chi connectivity index (χ4n) is 2.87. The van der Waals surface area contributed by atoms with Crippen LogP contribution in [0.4, 0.5) is 5.69 Å². The van der Waals surface area contributed by atoms with Gasteiger partial charge in [-0.3, -0.25) is 4.79 Å². The fraction of sp³-hybridized carbons (Fsp3) is 0.381. The van der Waals surface area contributed by atoms with E-state index >= 15 is 0 Å². The van der Waals surface area contributed by atoms with E-state index in [0.717, 1.165) is 30.8 Å². The number of rotatable bonds is 7. The van der Waals surface area contributed by atoms with Gasteiger partial charge in [-0.1, -0.05) is 6.07 Å². The van der Waals surface area contributed by atoms with Gasteiger partial charge in [0.2, 0.25) is 0 Å². The van der Waals surface area contributed by atoms with Crippen molar-refractivity contribution in [3.63, 3.8) is 0 Å². The lowest BCUT2D eigenvalue weighted by Crippen LogP contribution is -2.16. The lowest BCUT2D eigenvalue weighted by molar-refractivity contribution is 0.0679. The van der Waals surface area contributed by atoms with E-state index in [-0.39, 0.29) is 12.0 Å². The summed E-state index contributed by atoms with van der Waals surface area (Å²) in [6.07, 6.45) is 2.31. The third-order valence-corrected chi connectivity index (χ3v) is 4.26. The van der Waals surface area contributed by atoms with E-state index in [0.29, 0.717) is 30.2 Å². The maximum absolute atomic E-state index is 12.5. The average molecular weight is 355 g/mol. The molecule has 1 saturated heterocycles. The summed E-state index contributed by atoms with van der Waals surface area (Å²) < 4.78 is 16.9. The Kier molecular flexibility index (Phi) is 6.12. The van der Waals surface area contributed by atoms with Crippen LogP contribution in [0.15, 0.2) is 42.5 Å². The molecule has 0 radical (unpaired) electrons. The molecule has 0 aliphatic carbocycles. The number of aryl methyl sites for hydroxylation is 1. The summed E-state index contributed by atoms with van der Waals surface area (Å²) in [6.45, 7) is 5.82. The summed E-state index contributed by atoms with van der Waals surface area (Å²) in [4.78, 5) is 12.5. The van der Waals surface area contributed by atoms with E-state index in [9.17, 15) is 4.79 Å². The molecule has 5 heteroatoms. The van der Waals surface area contributed by atoms with E-state index in [4.69, 9.17) is 14.2 Å². The molecule has 0 saturated carbocycles. The first-order chi connectivity index (χ1) is 12.7. The van der Waals surface area contributed by atoms with Gasteiger partial charge < -0.3 is 19.5 Å². The molecule has 1 unspecified atom stereocenters. The van der Waals surface area contributed by atoms with Crippen LogP contribution in [-0.4, -0.2) is 31.8 Å². The van der Waals surface area contributed by atoms with Crippen molar-refractivity contribution in [2.75, 3.05) is 25.1 Å². The van der Waals surface area contributed by atoms with E-state index in [1.54, 1.807) is 12.1 Å². The van der Waals surface area contributed by atoms with Crippen LogP contribution in [0.1, 0.15) is 35.7 Å². The monoisotopic (exact) mass is 355 g/mol. The second-order valence-electron chi connectivity index (χ2n) is 6.36. The maximum Gasteiger partial charge on any atom is 0.255 e. The van der Waals surface area contributed by atoms with Crippen LogP contribution < -0.4 is 14.8 Å². The average Bonchev–Trinajstić information content (AvgIpc) is 3.16. The Hall–Kier alpha value is -2.53. The predicted octanol–water partition coefficient (Wildman–Crippen LogP) is 4.20. The topological polar surface area (TPSA) is 56.8 Å². The van der Waals surface area contributed by atoms with Crippen LogP contribution in [0, 0.1) is 6.92 Å². The van der Waals surface area contributed by atoms with E-state index in [1.165, 1.54) is 0 Å². The molecule has 1 atom stereocenters. The zero-order valence-electron chi connectivity index (χ0n) is 15.3. The van der Waals surface area contributed by atoms with Crippen LogP contribution in [-0.2, 0) is 4.74 Å². The van der Waals surface area contributed by atoms with Gasteiger partial charge in [-0.25, -0.2) is 0 Å². The van der Waals surface area contributed by atoms with Crippen molar-refractivity contribution in [1.82, 2.24) is 0 Å². The highest BCUT2D eigenvalue weighted by atomic mass is 16.5. The van der Waals surface area contributed by atoms with Gasteiger partial charge in [-0.05, 0) is 68.7 Å². The van der Waals surface area contributed by atoms with Gasteiger partial charge in [0, 0.05) is 12.2 Å². The molecule has 1 N–H and O–H groups in total. The first-order valence-corrected chi connectivity index (χ1v) is 9.05. The minimum atomic E-state index is -0.180. The van der Waals surface area contributed by atoms with Crippen molar-refractivity contribution in [1.29, 1.82) is 0 Å².